The van der Waals surface area contributed by atoms with E-state index in [4.69, 9.17) is 14.5 Å². The van der Waals surface area contributed by atoms with Crippen LogP contribution < -0.4 is 15.0 Å². The number of nitrogens with one attached hydrogen (secondary N) is 1. The van der Waals surface area contributed by atoms with Crippen LogP contribution in [0.5, 0.6) is 5.75 Å². The molecule has 0 aliphatic carbocycles. The van der Waals surface area contributed by atoms with Gasteiger partial charge in [0.1, 0.15) is 11.9 Å². The number of aliphatic imine (C=N–C) groups is 1. The number of aryl methyl sites for hydroxylation is 1. The first-order chi connectivity index (χ1) is 15.2. The Kier molecular flexibility index (Phi) is 6.96. The molecule has 168 valence electrons. The van der Waals surface area contributed by atoms with Gasteiger partial charge in [-0.25, -0.2) is 0 Å². The number of aromatic nitrogens is 2. The summed E-state index contributed by atoms with van der Waals surface area (Å²) in [5, 5.41) is 7.77. The van der Waals surface area contributed by atoms with Crippen LogP contribution >= 0.6 is 0 Å². The third-order valence-corrected chi connectivity index (χ3v) is 6.00. The zero-order valence-electron chi connectivity index (χ0n) is 18.8. The largest absolute Gasteiger partial charge is 0.497 e. The Morgan fingerprint density at radius 2 is 2.23 bits per heavy atom. The van der Waals surface area contributed by atoms with Gasteiger partial charge in [-0.05, 0) is 31.4 Å². The number of nitrogens with zero attached hydrogens (tertiary/aromatic N) is 5. The van der Waals surface area contributed by atoms with E-state index in [-0.39, 0.29) is 6.10 Å². The molecule has 2 saturated heterocycles. The molecular weight excluding hydrogens is 392 g/mol. The van der Waals surface area contributed by atoms with Crippen LogP contribution in [0.1, 0.15) is 25.0 Å². The van der Waals surface area contributed by atoms with E-state index in [0.717, 1.165) is 63.0 Å². The van der Waals surface area contributed by atoms with E-state index >= 15 is 0 Å². The third kappa shape index (κ3) is 5.31. The van der Waals surface area contributed by atoms with E-state index < -0.39 is 0 Å². The molecule has 2 aliphatic heterocycles. The smallest absolute Gasteiger partial charge is 0.194 e. The second kappa shape index (κ2) is 10.0. The second-order valence-corrected chi connectivity index (χ2v) is 8.25. The fraction of sp³-hybridized carbons (Fsp3) is 0.565. The molecule has 0 radical (unpaired) electrons. The molecule has 4 rings (SSSR count). The highest BCUT2D eigenvalue weighted by atomic mass is 16.5. The fourth-order valence-electron chi connectivity index (χ4n) is 4.31. The lowest BCUT2D eigenvalue weighted by Gasteiger charge is -2.35. The molecule has 2 aromatic rings. The molecule has 3 heterocycles. The Bertz CT molecular complexity index is 882. The number of hydrogen-bond acceptors (Lipinski definition) is 5. The summed E-state index contributed by atoms with van der Waals surface area (Å²) in [6.45, 7) is 8.22. The van der Waals surface area contributed by atoms with Crippen LogP contribution in [0.25, 0.3) is 0 Å². The molecule has 0 bridgehead atoms. The third-order valence-electron chi connectivity index (χ3n) is 6.00. The zero-order valence-corrected chi connectivity index (χ0v) is 18.8. The van der Waals surface area contributed by atoms with Crippen molar-refractivity contribution in [3.63, 3.8) is 0 Å². The van der Waals surface area contributed by atoms with Gasteiger partial charge in [-0.2, -0.15) is 5.10 Å². The summed E-state index contributed by atoms with van der Waals surface area (Å²) < 4.78 is 13.2. The van der Waals surface area contributed by atoms with Crippen molar-refractivity contribution in [2.75, 3.05) is 57.9 Å². The molecule has 1 aromatic carbocycles. The predicted molar refractivity (Wildman–Crippen MR) is 123 cm³/mol. The first-order valence-corrected chi connectivity index (χ1v) is 11.2. The standard InChI is InChI=1S/C23H34N6O2/c1-4-24-23(29-10-11-31-22(17-29)19-14-26-27(2)16-19)25-13-18-8-9-28(15-18)20-6-5-7-21(12-20)30-3/h5-7,12,14,16,18,22H,4,8-11,13,15,17H2,1-3H3,(H,24,25). The van der Waals surface area contributed by atoms with Gasteiger partial charge in [0.25, 0.3) is 0 Å². The minimum atomic E-state index is 0.0290. The van der Waals surface area contributed by atoms with Gasteiger partial charge in [0.2, 0.25) is 0 Å². The maximum atomic E-state index is 6.00. The van der Waals surface area contributed by atoms with Crippen molar-refractivity contribution in [3.8, 4) is 5.75 Å². The molecule has 31 heavy (non-hydrogen) atoms. The first kappa shape index (κ1) is 21.5. The lowest BCUT2D eigenvalue weighted by atomic mass is 10.1. The fourth-order valence-corrected chi connectivity index (χ4v) is 4.31. The molecule has 0 saturated carbocycles. The van der Waals surface area contributed by atoms with Gasteiger partial charge < -0.3 is 24.6 Å². The Morgan fingerprint density at radius 3 is 3.00 bits per heavy atom. The molecule has 2 unspecified atom stereocenters. The Hall–Kier alpha value is -2.74. The van der Waals surface area contributed by atoms with Crippen LogP contribution in [0, 0.1) is 5.92 Å². The molecule has 0 amide bonds. The number of anilines is 1. The highest BCUT2D eigenvalue weighted by Crippen LogP contribution is 2.27. The molecule has 8 nitrogen and oxygen atoms in total. The van der Waals surface area contributed by atoms with Crippen molar-refractivity contribution < 1.29 is 9.47 Å². The maximum Gasteiger partial charge on any atom is 0.194 e. The summed E-state index contributed by atoms with van der Waals surface area (Å²) in [4.78, 5) is 9.77. The number of guanidine groups is 1. The topological polar surface area (TPSA) is 67.2 Å². The summed E-state index contributed by atoms with van der Waals surface area (Å²) in [7, 11) is 3.65. The van der Waals surface area contributed by atoms with Crippen LogP contribution in [0.3, 0.4) is 0 Å². The Balaban J connectivity index is 1.37. The Labute approximate surface area is 184 Å². The van der Waals surface area contributed by atoms with E-state index in [1.54, 1.807) is 7.11 Å². The van der Waals surface area contributed by atoms with Crippen LogP contribution in [-0.2, 0) is 11.8 Å². The monoisotopic (exact) mass is 426 g/mol. The first-order valence-electron chi connectivity index (χ1n) is 11.2. The average Bonchev–Trinajstić information content (AvgIpc) is 3.46. The van der Waals surface area contributed by atoms with Gasteiger partial charge in [0.05, 0.1) is 26.5 Å². The maximum absolute atomic E-state index is 6.00. The number of benzene rings is 1. The molecular formula is C23H34N6O2. The average molecular weight is 427 g/mol. The molecule has 0 spiro atoms. The minimum Gasteiger partial charge on any atom is -0.497 e. The second-order valence-electron chi connectivity index (χ2n) is 8.25. The number of rotatable bonds is 6. The number of methoxy groups -OCH3 is 1. The van der Waals surface area contributed by atoms with E-state index in [9.17, 15) is 0 Å². The Morgan fingerprint density at radius 1 is 1.32 bits per heavy atom. The van der Waals surface area contributed by atoms with Crippen LogP contribution in [-0.4, -0.2) is 73.6 Å². The molecule has 1 N–H and O–H groups in total. The van der Waals surface area contributed by atoms with Crippen molar-refractivity contribution >= 4 is 11.6 Å². The van der Waals surface area contributed by atoms with Crippen molar-refractivity contribution in [2.45, 2.75) is 19.4 Å². The van der Waals surface area contributed by atoms with Gasteiger partial charge in [0, 0.05) is 63.3 Å². The number of morpholine rings is 1. The number of ether oxygens (including phenoxy) is 2. The summed E-state index contributed by atoms with van der Waals surface area (Å²) in [5.74, 6) is 2.44. The van der Waals surface area contributed by atoms with Gasteiger partial charge in [-0.15, -0.1) is 0 Å². The van der Waals surface area contributed by atoms with E-state index in [1.165, 1.54) is 5.69 Å². The van der Waals surface area contributed by atoms with E-state index in [1.807, 2.05) is 30.2 Å². The molecule has 1 aromatic heterocycles. The van der Waals surface area contributed by atoms with Crippen molar-refractivity contribution in [3.05, 3.63) is 42.2 Å². The summed E-state index contributed by atoms with van der Waals surface area (Å²) in [6.07, 6.45) is 5.11. The quantitative estimate of drug-likeness (QED) is 0.565. The van der Waals surface area contributed by atoms with Gasteiger partial charge >= 0.3 is 0 Å². The predicted octanol–water partition coefficient (Wildman–Crippen LogP) is 2.29. The minimum absolute atomic E-state index is 0.0290. The van der Waals surface area contributed by atoms with E-state index in [0.29, 0.717) is 12.5 Å². The highest BCUT2D eigenvalue weighted by Gasteiger charge is 2.26. The highest BCUT2D eigenvalue weighted by molar-refractivity contribution is 5.80. The molecule has 8 heteroatoms. The molecule has 2 atom stereocenters. The molecule has 2 fully saturated rings. The SMILES string of the molecule is CCNC(=NCC1CCN(c2cccc(OC)c2)C1)N1CCOC(c2cnn(C)c2)C1. The van der Waals surface area contributed by atoms with E-state index in [2.05, 4.69) is 45.3 Å². The summed E-state index contributed by atoms with van der Waals surface area (Å²) in [6, 6.07) is 8.32. The number of hydrogen-bond donors (Lipinski definition) is 1. The lowest BCUT2D eigenvalue weighted by Crippen LogP contribution is -2.48. The van der Waals surface area contributed by atoms with Crippen LogP contribution in [0.15, 0.2) is 41.7 Å². The van der Waals surface area contributed by atoms with Crippen molar-refractivity contribution in [1.29, 1.82) is 0 Å². The van der Waals surface area contributed by atoms with Gasteiger partial charge in [0.15, 0.2) is 5.96 Å². The van der Waals surface area contributed by atoms with Crippen LogP contribution in [0.4, 0.5) is 5.69 Å². The van der Waals surface area contributed by atoms with Crippen LogP contribution in [0.2, 0.25) is 0 Å². The summed E-state index contributed by atoms with van der Waals surface area (Å²) >= 11 is 0. The normalized spacial score (nSPS) is 22.1. The lowest BCUT2D eigenvalue weighted by molar-refractivity contribution is -0.00805. The summed E-state index contributed by atoms with van der Waals surface area (Å²) in [5.41, 5.74) is 2.35. The molecule has 2 aliphatic rings. The zero-order chi connectivity index (χ0) is 21.6. The van der Waals surface area contributed by atoms with Crippen molar-refractivity contribution in [1.82, 2.24) is 20.0 Å². The van der Waals surface area contributed by atoms with Gasteiger partial charge in [-0.1, -0.05) is 6.07 Å². The van der Waals surface area contributed by atoms with Gasteiger partial charge in [-0.3, -0.25) is 9.67 Å². The van der Waals surface area contributed by atoms with Crippen molar-refractivity contribution in [2.24, 2.45) is 18.0 Å².